The highest BCUT2D eigenvalue weighted by atomic mass is 19.1. The van der Waals surface area contributed by atoms with Gasteiger partial charge in [-0.1, -0.05) is 0 Å². The van der Waals surface area contributed by atoms with E-state index in [0.717, 1.165) is 30.4 Å². The average Bonchev–Trinajstić information content (AvgIpc) is 2.19. The maximum atomic E-state index is 13.3. The molecular formula is C15H23FN3O+. The highest BCUT2D eigenvalue weighted by Gasteiger charge is 2.56. The van der Waals surface area contributed by atoms with Gasteiger partial charge in [0.15, 0.2) is 5.54 Å². The number of benzene rings is 1. The molecule has 1 aromatic rings. The molecule has 0 spiro atoms. The molecule has 0 heterocycles. The third-order valence-corrected chi connectivity index (χ3v) is 4.44. The fourth-order valence-corrected chi connectivity index (χ4v) is 2.91. The Hall–Kier alpha value is -1.46. The Morgan fingerprint density at radius 1 is 1.30 bits per heavy atom. The van der Waals surface area contributed by atoms with Crippen LogP contribution in [0.4, 0.5) is 10.1 Å². The number of nitrogens with two attached hydrogens (primary N) is 1. The van der Waals surface area contributed by atoms with Gasteiger partial charge in [-0.05, 0) is 43.5 Å². The third kappa shape index (κ3) is 2.31. The lowest BCUT2D eigenvalue weighted by Gasteiger charge is -2.48. The lowest BCUT2D eigenvalue weighted by molar-refractivity contribution is -0.949. The lowest BCUT2D eigenvalue weighted by atomic mass is 9.74. The standard InChI is InChI=1S/C15H22FN3O/c1-10-8-12(16)9-11(2)13(10)18-14(20)15(6-5-7-15)19(3,4)17/h8-9H,5-7,17H2,1-4H3/p+1. The Morgan fingerprint density at radius 3 is 2.15 bits per heavy atom. The normalized spacial score (nSPS) is 17.5. The van der Waals surface area contributed by atoms with Crippen molar-refractivity contribution in [2.45, 2.75) is 38.6 Å². The Morgan fingerprint density at radius 2 is 1.80 bits per heavy atom. The SMILES string of the molecule is Cc1cc(F)cc(C)c1NC(=O)C1([N+](C)(C)N)CCC1. The summed E-state index contributed by atoms with van der Waals surface area (Å²) in [5, 5.41) is 2.95. The van der Waals surface area contributed by atoms with E-state index in [1.807, 2.05) is 14.1 Å². The summed E-state index contributed by atoms with van der Waals surface area (Å²) in [6.45, 7) is 3.59. The molecule has 1 aromatic carbocycles. The molecule has 5 heteroatoms. The smallest absolute Gasteiger partial charge is 0.287 e. The zero-order valence-corrected chi connectivity index (χ0v) is 12.6. The number of halogens is 1. The van der Waals surface area contributed by atoms with Gasteiger partial charge < -0.3 is 5.32 Å². The molecule has 0 atom stereocenters. The maximum absolute atomic E-state index is 13.3. The molecule has 3 N–H and O–H groups in total. The predicted octanol–water partition coefficient (Wildman–Crippen LogP) is 2.25. The van der Waals surface area contributed by atoms with Crippen LogP contribution >= 0.6 is 0 Å². The molecule has 0 aromatic heterocycles. The van der Waals surface area contributed by atoms with Crippen LogP contribution in [0.3, 0.4) is 0 Å². The number of hydrogen-bond acceptors (Lipinski definition) is 2. The molecule has 1 saturated carbocycles. The molecule has 4 nitrogen and oxygen atoms in total. The van der Waals surface area contributed by atoms with Crippen LogP contribution in [0.2, 0.25) is 0 Å². The van der Waals surface area contributed by atoms with Crippen LogP contribution in [0.15, 0.2) is 12.1 Å². The summed E-state index contributed by atoms with van der Waals surface area (Å²) >= 11 is 0. The molecule has 1 amide bonds. The number of carbonyl (C=O) groups excluding carboxylic acids is 1. The molecule has 0 radical (unpaired) electrons. The van der Waals surface area contributed by atoms with E-state index in [-0.39, 0.29) is 16.3 Å². The van der Waals surface area contributed by atoms with Crippen LogP contribution in [0.25, 0.3) is 0 Å². The molecule has 0 bridgehead atoms. The molecule has 2 rings (SSSR count). The first kappa shape index (κ1) is 14.9. The van der Waals surface area contributed by atoms with E-state index < -0.39 is 5.54 Å². The van der Waals surface area contributed by atoms with Crippen LogP contribution in [0.1, 0.15) is 30.4 Å². The largest absolute Gasteiger partial charge is 0.320 e. The molecule has 0 unspecified atom stereocenters. The Balaban J connectivity index is 2.29. The van der Waals surface area contributed by atoms with Gasteiger partial charge >= 0.3 is 0 Å². The zero-order valence-electron chi connectivity index (χ0n) is 12.6. The fourth-order valence-electron chi connectivity index (χ4n) is 2.91. The zero-order chi connectivity index (χ0) is 15.1. The van der Waals surface area contributed by atoms with E-state index in [1.165, 1.54) is 12.1 Å². The van der Waals surface area contributed by atoms with E-state index in [2.05, 4.69) is 5.32 Å². The van der Waals surface area contributed by atoms with Gasteiger partial charge in [0.25, 0.3) is 5.91 Å². The summed E-state index contributed by atoms with van der Waals surface area (Å²) in [6.07, 6.45) is 2.57. The van der Waals surface area contributed by atoms with Crippen molar-refractivity contribution < 1.29 is 13.8 Å². The number of hydrogen-bond donors (Lipinski definition) is 2. The molecule has 1 aliphatic carbocycles. The topological polar surface area (TPSA) is 55.1 Å². The molecular weight excluding hydrogens is 257 g/mol. The number of likely N-dealkylation sites (N-methyl/N-ethyl adjacent to an activating group) is 1. The van der Waals surface area contributed by atoms with Gasteiger partial charge in [0.2, 0.25) is 0 Å². The number of quaternary nitrogens is 1. The van der Waals surface area contributed by atoms with Crippen molar-refractivity contribution in [3.63, 3.8) is 0 Å². The number of aryl methyl sites for hydroxylation is 2. The number of amides is 1. The Bertz CT molecular complexity index is 522. The van der Waals surface area contributed by atoms with E-state index in [4.69, 9.17) is 5.84 Å². The van der Waals surface area contributed by atoms with Crippen LogP contribution in [-0.4, -0.2) is 30.1 Å². The summed E-state index contributed by atoms with van der Waals surface area (Å²) in [4.78, 5) is 12.7. The number of nitrogens with zero attached hydrogens (tertiary/aromatic N) is 1. The van der Waals surface area contributed by atoms with Crippen molar-refractivity contribution in [1.82, 2.24) is 0 Å². The van der Waals surface area contributed by atoms with E-state index in [1.54, 1.807) is 13.8 Å². The summed E-state index contributed by atoms with van der Waals surface area (Å²) < 4.78 is 13.4. The maximum Gasteiger partial charge on any atom is 0.287 e. The Labute approximate surface area is 119 Å². The van der Waals surface area contributed by atoms with Crippen molar-refractivity contribution in [2.24, 2.45) is 5.84 Å². The van der Waals surface area contributed by atoms with Gasteiger partial charge in [-0.15, -0.1) is 0 Å². The second-order valence-electron chi connectivity index (χ2n) is 6.29. The lowest BCUT2D eigenvalue weighted by Crippen LogP contribution is -2.72. The minimum atomic E-state index is -0.576. The summed E-state index contributed by atoms with van der Waals surface area (Å²) in [6, 6.07) is 2.86. The summed E-state index contributed by atoms with van der Waals surface area (Å²) in [7, 11) is 3.67. The average molecular weight is 280 g/mol. The van der Waals surface area contributed by atoms with Crippen molar-refractivity contribution in [1.29, 1.82) is 0 Å². The van der Waals surface area contributed by atoms with Gasteiger partial charge in [0, 0.05) is 18.5 Å². The highest BCUT2D eigenvalue weighted by molar-refractivity contribution is 5.99. The number of carbonyl (C=O) groups is 1. The quantitative estimate of drug-likeness (QED) is 0.507. The monoisotopic (exact) mass is 280 g/mol. The van der Waals surface area contributed by atoms with Gasteiger partial charge in [-0.25, -0.2) is 8.98 Å². The van der Waals surface area contributed by atoms with Crippen LogP contribution < -0.4 is 11.2 Å². The highest BCUT2D eigenvalue weighted by Crippen LogP contribution is 2.40. The second-order valence-corrected chi connectivity index (χ2v) is 6.29. The molecule has 0 saturated heterocycles. The van der Waals surface area contributed by atoms with E-state index in [0.29, 0.717) is 5.69 Å². The number of nitrogens with one attached hydrogen (secondary N) is 1. The molecule has 1 fully saturated rings. The van der Waals surface area contributed by atoms with Crippen molar-refractivity contribution in [2.75, 3.05) is 19.4 Å². The van der Waals surface area contributed by atoms with E-state index in [9.17, 15) is 9.18 Å². The van der Waals surface area contributed by atoms with Gasteiger partial charge in [0.1, 0.15) is 5.82 Å². The fraction of sp³-hybridized carbons (Fsp3) is 0.533. The van der Waals surface area contributed by atoms with Gasteiger partial charge in [-0.2, -0.15) is 5.84 Å². The van der Waals surface area contributed by atoms with Crippen LogP contribution in [0.5, 0.6) is 0 Å². The first-order valence-electron chi connectivity index (χ1n) is 6.88. The van der Waals surface area contributed by atoms with E-state index >= 15 is 0 Å². The molecule has 110 valence electrons. The van der Waals surface area contributed by atoms with Gasteiger partial charge in [0.05, 0.1) is 14.1 Å². The minimum Gasteiger partial charge on any atom is -0.320 e. The molecule has 0 aliphatic heterocycles. The predicted molar refractivity (Wildman–Crippen MR) is 77.4 cm³/mol. The van der Waals surface area contributed by atoms with Crippen LogP contribution in [-0.2, 0) is 4.79 Å². The van der Waals surface area contributed by atoms with Crippen molar-refractivity contribution in [3.8, 4) is 0 Å². The second kappa shape index (κ2) is 4.82. The third-order valence-electron chi connectivity index (χ3n) is 4.44. The molecule has 1 aliphatic rings. The first-order valence-corrected chi connectivity index (χ1v) is 6.88. The summed E-state index contributed by atoms with van der Waals surface area (Å²) in [5.41, 5.74) is 1.57. The van der Waals surface area contributed by atoms with Gasteiger partial charge in [-0.3, -0.25) is 4.79 Å². The number of rotatable bonds is 3. The molecule has 20 heavy (non-hydrogen) atoms. The first-order chi connectivity index (χ1) is 9.17. The minimum absolute atomic E-state index is 0.0749. The number of anilines is 1. The summed E-state index contributed by atoms with van der Waals surface area (Å²) in [5.74, 6) is 5.79. The van der Waals surface area contributed by atoms with Crippen LogP contribution in [0, 0.1) is 19.7 Å². The van der Waals surface area contributed by atoms with Crippen molar-refractivity contribution >= 4 is 11.6 Å². The van der Waals surface area contributed by atoms with Crippen molar-refractivity contribution in [3.05, 3.63) is 29.1 Å². The Kier molecular flexibility index (Phi) is 3.60.